The van der Waals surface area contributed by atoms with Gasteiger partial charge in [0.25, 0.3) is 0 Å². The fourth-order valence-electron chi connectivity index (χ4n) is 1.75. The zero-order valence-corrected chi connectivity index (χ0v) is 11.9. The Balaban J connectivity index is 2.32. The number of thiophene rings is 1. The van der Waals surface area contributed by atoms with Gasteiger partial charge in [0, 0.05) is 18.5 Å². The van der Waals surface area contributed by atoms with Crippen molar-refractivity contribution in [1.82, 2.24) is 9.97 Å². The summed E-state index contributed by atoms with van der Waals surface area (Å²) >= 11 is 1.73. The number of hydrogen-bond donors (Lipinski definition) is 1. The van der Waals surface area contributed by atoms with Gasteiger partial charge in [-0.2, -0.15) is 0 Å². The van der Waals surface area contributed by atoms with Gasteiger partial charge in [-0.3, -0.25) is 0 Å². The molecule has 2 aromatic heterocycles. The molecule has 0 unspecified atom stereocenters. The predicted octanol–water partition coefficient (Wildman–Crippen LogP) is 3.22. The van der Waals surface area contributed by atoms with Gasteiger partial charge < -0.3 is 10.1 Å². The summed E-state index contributed by atoms with van der Waals surface area (Å²) in [7, 11) is 1.89. The van der Waals surface area contributed by atoms with E-state index in [0.717, 1.165) is 41.3 Å². The Kier molecular flexibility index (Phi) is 4.49. The lowest BCUT2D eigenvalue weighted by atomic mass is 10.3. The maximum atomic E-state index is 5.50. The molecule has 0 aromatic carbocycles. The van der Waals surface area contributed by atoms with Crippen molar-refractivity contribution in [3.8, 4) is 0 Å². The molecule has 4 nitrogen and oxygen atoms in total. The lowest BCUT2D eigenvalue weighted by Gasteiger charge is -2.05. The fourth-order valence-corrected chi connectivity index (χ4v) is 2.74. The summed E-state index contributed by atoms with van der Waals surface area (Å²) in [6.07, 6.45) is 2.05. The van der Waals surface area contributed by atoms with Crippen molar-refractivity contribution in [3.63, 3.8) is 0 Å². The SMILES string of the molecule is CCCOCc1nc(NC)c2cc(CC)sc2n1. The lowest BCUT2D eigenvalue weighted by Crippen LogP contribution is -2.03. The van der Waals surface area contributed by atoms with Crippen molar-refractivity contribution in [2.24, 2.45) is 0 Å². The Morgan fingerprint density at radius 1 is 1.33 bits per heavy atom. The molecule has 0 bridgehead atoms. The molecule has 0 saturated heterocycles. The van der Waals surface area contributed by atoms with E-state index in [9.17, 15) is 0 Å². The molecule has 0 spiro atoms. The minimum atomic E-state index is 0.484. The monoisotopic (exact) mass is 265 g/mol. The maximum Gasteiger partial charge on any atom is 0.158 e. The van der Waals surface area contributed by atoms with Crippen molar-refractivity contribution in [2.45, 2.75) is 33.3 Å². The van der Waals surface area contributed by atoms with Crippen molar-refractivity contribution in [3.05, 3.63) is 16.8 Å². The van der Waals surface area contributed by atoms with Gasteiger partial charge in [-0.05, 0) is 18.9 Å². The van der Waals surface area contributed by atoms with Gasteiger partial charge in [0.05, 0.1) is 5.39 Å². The van der Waals surface area contributed by atoms with E-state index in [2.05, 4.69) is 35.2 Å². The van der Waals surface area contributed by atoms with Gasteiger partial charge in [0.2, 0.25) is 0 Å². The summed E-state index contributed by atoms with van der Waals surface area (Å²) < 4.78 is 5.50. The minimum absolute atomic E-state index is 0.484. The molecular formula is C13H19N3OS. The maximum absolute atomic E-state index is 5.50. The van der Waals surface area contributed by atoms with E-state index < -0.39 is 0 Å². The third kappa shape index (κ3) is 2.79. The molecule has 2 rings (SSSR count). The van der Waals surface area contributed by atoms with E-state index in [4.69, 9.17) is 4.74 Å². The molecule has 98 valence electrons. The number of aromatic nitrogens is 2. The standard InChI is InChI=1S/C13H19N3OS/c1-4-6-17-8-11-15-12(14-3)10-7-9(5-2)18-13(10)16-11/h7H,4-6,8H2,1-3H3,(H,14,15,16). The van der Waals surface area contributed by atoms with Crippen molar-refractivity contribution in [1.29, 1.82) is 0 Å². The fraction of sp³-hybridized carbons (Fsp3) is 0.538. The molecule has 2 aromatic rings. The topological polar surface area (TPSA) is 47.0 Å². The third-order valence-corrected chi connectivity index (χ3v) is 3.83. The smallest absolute Gasteiger partial charge is 0.158 e. The molecule has 0 radical (unpaired) electrons. The number of rotatable bonds is 6. The summed E-state index contributed by atoms with van der Waals surface area (Å²) in [5.74, 6) is 1.65. The van der Waals surface area contributed by atoms with Crippen molar-refractivity contribution >= 4 is 27.4 Å². The first-order chi connectivity index (χ1) is 8.78. The average Bonchev–Trinajstić information content (AvgIpc) is 2.81. The number of anilines is 1. The first kappa shape index (κ1) is 13.2. The molecule has 1 N–H and O–H groups in total. The van der Waals surface area contributed by atoms with Gasteiger partial charge >= 0.3 is 0 Å². The normalized spacial score (nSPS) is 11.1. The first-order valence-electron chi connectivity index (χ1n) is 6.33. The summed E-state index contributed by atoms with van der Waals surface area (Å²) in [5, 5.41) is 4.25. The van der Waals surface area contributed by atoms with E-state index in [1.54, 1.807) is 11.3 Å². The van der Waals surface area contributed by atoms with Gasteiger partial charge in [-0.25, -0.2) is 9.97 Å². The zero-order chi connectivity index (χ0) is 13.0. The van der Waals surface area contributed by atoms with Crippen LogP contribution in [-0.4, -0.2) is 23.6 Å². The van der Waals surface area contributed by atoms with Crippen LogP contribution in [0.4, 0.5) is 5.82 Å². The second-order valence-electron chi connectivity index (χ2n) is 4.08. The molecule has 0 aliphatic carbocycles. The van der Waals surface area contributed by atoms with E-state index in [0.29, 0.717) is 6.61 Å². The summed E-state index contributed by atoms with van der Waals surface area (Å²) in [5.41, 5.74) is 0. The minimum Gasteiger partial charge on any atom is -0.373 e. The zero-order valence-electron chi connectivity index (χ0n) is 11.1. The molecule has 18 heavy (non-hydrogen) atoms. The van der Waals surface area contributed by atoms with Gasteiger partial charge in [0.1, 0.15) is 17.3 Å². The van der Waals surface area contributed by atoms with Crippen LogP contribution in [0.3, 0.4) is 0 Å². The molecule has 5 heteroatoms. The third-order valence-electron chi connectivity index (χ3n) is 2.65. The predicted molar refractivity (Wildman–Crippen MR) is 76.3 cm³/mol. The molecule has 0 saturated carbocycles. The van der Waals surface area contributed by atoms with Crippen LogP contribution < -0.4 is 5.32 Å². The van der Waals surface area contributed by atoms with Gasteiger partial charge in [-0.1, -0.05) is 13.8 Å². The highest BCUT2D eigenvalue weighted by Gasteiger charge is 2.10. The summed E-state index contributed by atoms with van der Waals surface area (Å²) in [6, 6.07) is 2.17. The van der Waals surface area contributed by atoms with Crippen LogP contribution in [0, 0.1) is 0 Å². The van der Waals surface area contributed by atoms with Crippen LogP contribution in [0.1, 0.15) is 31.0 Å². The van der Waals surface area contributed by atoms with Crippen LogP contribution in [0.2, 0.25) is 0 Å². The Morgan fingerprint density at radius 3 is 2.83 bits per heavy atom. The Morgan fingerprint density at radius 2 is 2.17 bits per heavy atom. The number of nitrogens with one attached hydrogen (secondary N) is 1. The molecular weight excluding hydrogens is 246 g/mol. The number of aryl methyl sites for hydroxylation is 1. The van der Waals surface area contributed by atoms with Crippen molar-refractivity contribution in [2.75, 3.05) is 19.0 Å². The molecule has 0 amide bonds. The van der Waals surface area contributed by atoms with Crippen LogP contribution in [-0.2, 0) is 17.8 Å². The number of nitrogens with zero attached hydrogens (tertiary/aromatic N) is 2. The first-order valence-corrected chi connectivity index (χ1v) is 7.15. The Hall–Kier alpha value is -1.20. The molecule has 0 atom stereocenters. The lowest BCUT2D eigenvalue weighted by molar-refractivity contribution is 0.116. The van der Waals surface area contributed by atoms with Crippen LogP contribution >= 0.6 is 11.3 Å². The molecule has 0 aliphatic rings. The molecule has 2 heterocycles. The summed E-state index contributed by atoms with van der Waals surface area (Å²) in [4.78, 5) is 11.4. The van der Waals surface area contributed by atoms with Crippen LogP contribution in [0.5, 0.6) is 0 Å². The van der Waals surface area contributed by atoms with Crippen LogP contribution in [0.15, 0.2) is 6.07 Å². The van der Waals surface area contributed by atoms with Crippen LogP contribution in [0.25, 0.3) is 10.2 Å². The van der Waals surface area contributed by atoms with E-state index >= 15 is 0 Å². The largest absolute Gasteiger partial charge is 0.373 e. The molecule has 0 aliphatic heterocycles. The second kappa shape index (κ2) is 6.11. The Labute approximate surface area is 111 Å². The van der Waals surface area contributed by atoms with E-state index in [1.165, 1.54) is 4.88 Å². The highest BCUT2D eigenvalue weighted by atomic mass is 32.1. The van der Waals surface area contributed by atoms with Gasteiger partial charge in [-0.15, -0.1) is 11.3 Å². The summed E-state index contributed by atoms with van der Waals surface area (Å²) in [6.45, 7) is 5.48. The quantitative estimate of drug-likeness (QED) is 0.815. The van der Waals surface area contributed by atoms with E-state index in [-0.39, 0.29) is 0 Å². The van der Waals surface area contributed by atoms with Crippen molar-refractivity contribution < 1.29 is 4.74 Å². The van der Waals surface area contributed by atoms with Gasteiger partial charge in [0.15, 0.2) is 5.82 Å². The highest BCUT2D eigenvalue weighted by molar-refractivity contribution is 7.18. The highest BCUT2D eigenvalue weighted by Crippen LogP contribution is 2.29. The average molecular weight is 265 g/mol. The number of ether oxygens (including phenoxy) is 1. The molecule has 0 fully saturated rings. The Bertz CT molecular complexity index is 524. The number of fused-ring (bicyclic) bond motifs is 1. The second-order valence-corrected chi connectivity index (χ2v) is 5.19. The van der Waals surface area contributed by atoms with E-state index in [1.807, 2.05) is 7.05 Å². The number of hydrogen-bond acceptors (Lipinski definition) is 5.